The largest absolute Gasteiger partial charge is 0.508 e. The molecule has 0 heterocycles. The maximum Gasteiger partial charge on any atom is 0.357 e. The van der Waals surface area contributed by atoms with Gasteiger partial charge in [0.05, 0.1) is 12.7 Å². The van der Waals surface area contributed by atoms with Crippen molar-refractivity contribution in [2.24, 2.45) is 11.1 Å². The van der Waals surface area contributed by atoms with Crippen molar-refractivity contribution >= 4 is 22.4 Å². The van der Waals surface area contributed by atoms with Crippen molar-refractivity contribution < 1.29 is 19.5 Å². The standard InChI is InChI=1S/C24H18N2O5/c1-30-22-13-18-19(11-17(22)14-7-9-16(27)10-8-14)23(15-5-3-2-4-6-15)20(24(28)31-25)12-21(18)26-29/h2-13,27H,25H2,1H3. The van der Waals surface area contributed by atoms with Crippen LogP contribution in [0.1, 0.15) is 10.4 Å². The van der Waals surface area contributed by atoms with E-state index in [0.717, 1.165) is 11.1 Å². The van der Waals surface area contributed by atoms with E-state index in [1.165, 1.54) is 13.2 Å². The summed E-state index contributed by atoms with van der Waals surface area (Å²) in [6.45, 7) is 0. The van der Waals surface area contributed by atoms with Crippen LogP contribution >= 0.6 is 0 Å². The molecule has 7 nitrogen and oxygen atoms in total. The number of ether oxygens (including phenoxy) is 1. The number of carbonyl (C=O) groups excluding carboxylic acids is 1. The first-order valence-corrected chi connectivity index (χ1v) is 9.35. The van der Waals surface area contributed by atoms with Gasteiger partial charge in [-0.3, -0.25) is 0 Å². The zero-order chi connectivity index (χ0) is 22.0. The van der Waals surface area contributed by atoms with Gasteiger partial charge in [-0.15, -0.1) is 4.91 Å². The molecule has 0 aliphatic rings. The van der Waals surface area contributed by atoms with Gasteiger partial charge < -0.3 is 14.7 Å². The van der Waals surface area contributed by atoms with Crippen LogP contribution in [0.5, 0.6) is 11.5 Å². The van der Waals surface area contributed by atoms with Gasteiger partial charge in [0.1, 0.15) is 17.2 Å². The molecule has 0 bridgehead atoms. The number of nitroso groups, excluding NO2 is 1. The Hall–Kier alpha value is -4.23. The smallest absolute Gasteiger partial charge is 0.357 e. The number of fused-ring (bicyclic) bond motifs is 1. The van der Waals surface area contributed by atoms with E-state index in [-0.39, 0.29) is 17.0 Å². The van der Waals surface area contributed by atoms with E-state index in [4.69, 9.17) is 10.6 Å². The predicted octanol–water partition coefficient (Wildman–Crippen LogP) is 5.32. The average molecular weight is 414 g/mol. The molecule has 0 aliphatic heterocycles. The number of hydrogen-bond donors (Lipinski definition) is 2. The Kier molecular flexibility index (Phi) is 5.34. The van der Waals surface area contributed by atoms with Crippen molar-refractivity contribution in [2.75, 3.05) is 7.11 Å². The molecule has 0 atom stereocenters. The van der Waals surface area contributed by atoms with Crippen molar-refractivity contribution in [2.45, 2.75) is 0 Å². The molecule has 0 saturated carbocycles. The van der Waals surface area contributed by atoms with Crippen LogP contribution in [-0.4, -0.2) is 18.2 Å². The molecular weight excluding hydrogens is 396 g/mol. The van der Waals surface area contributed by atoms with Crippen LogP contribution in [0.25, 0.3) is 33.0 Å². The summed E-state index contributed by atoms with van der Waals surface area (Å²) in [5.74, 6) is 5.02. The molecule has 0 aliphatic carbocycles. The van der Waals surface area contributed by atoms with Crippen molar-refractivity contribution in [3.05, 3.63) is 83.3 Å². The van der Waals surface area contributed by atoms with Gasteiger partial charge in [-0.25, -0.2) is 4.79 Å². The second kappa shape index (κ2) is 8.25. The number of phenols is 1. The van der Waals surface area contributed by atoms with Gasteiger partial charge in [0.25, 0.3) is 0 Å². The van der Waals surface area contributed by atoms with Crippen LogP contribution in [0.3, 0.4) is 0 Å². The molecular formula is C24H18N2O5. The highest BCUT2D eigenvalue weighted by atomic mass is 16.7. The molecule has 4 aromatic rings. The molecule has 3 N–H and O–H groups in total. The molecule has 0 aromatic heterocycles. The fourth-order valence-electron chi connectivity index (χ4n) is 3.68. The van der Waals surface area contributed by atoms with E-state index >= 15 is 0 Å². The molecule has 0 amide bonds. The van der Waals surface area contributed by atoms with Gasteiger partial charge in [-0.05, 0) is 52.0 Å². The SMILES string of the molecule is COc1cc2c(N=O)cc(C(=O)ON)c(-c3ccccc3)c2cc1-c1ccc(O)cc1. The predicted molar refractivity (Wildman–Crippen MR) is 118 cm³/mol. The number of phenolic OH excluding ortho intramolecular Hbond substituents is 1. The van der Waals surface area contributed by atoms with Crippen LogP contribution < -0.4 is 10.6 Å². The van der Waals surface area contributed by atoms with E-state index in [0.29, 0.717) is 27.6 Å². The maximum absolute atomic E-state index is 12.5. The lowest BCUT2D eigenvalue weighted by atomic mass is 9.89. The van der Waals surface area contributed by atoms with E-state index in [2.05, 4.69) is 10.0 Å². The first-order valence-electron chi connectivity index (χ1n) is 9.35. The molecule has 0 fully saturated rings. The zero-order valence-corrected chi connectivity index (χ0v) is 16.5. The normalized spacial score (nSPS) is 10.6. The lowest BCUT2D eigenvalue weighted by Crippen LogP contribution is -2.11. The van der Waals surface area contributed by atoms with Crippen LogP contribution in [0, 0.1) is 4.91 Å². The molecule has 0 saturated heterocycles. The summed E-state index contributed by atoms with van der Waals surface area (Å²) in [5.41, 5.74) is 2.97. The van der Waals surface area contributed by atoms with E-state index in [9.17, 15) is 14.8 Å². The highest BCUT2D eigenvalue weighted by molar-refractivity contribution is 6.13. The Balaban J connectivity index is 2.15. The second-order valence-corrected chi connectivity index (χ2v) is 6.83. The Labute approximate surface area is 177 Å². The number of nitrogens with zero attached hydrogens (tertiary/aromatic N) is 1. The molecule has 7 heteroatoms. The summed E-state index contributed by atoms with van der Waals surface area (Å²) in [5, 5.41) is 13.9. The van der Waals surface area contributed by atoms with E-state index in [1.54, 1.807) is 30.3 Å². The van der Waals surface area contributed by atoms with Crippen LogP contribution in [0.4, 0.5) is 5.69 Å². The highest BCUT2D eigenvalue weighted by Crippen LogP contribution is 2.43. The zero-order valence-electron chi connectivity index (χ0n) is 16.5. The second-order valence-electron chi connectivity index (χ2n) is 6.83. The summed E-state index contributed by atoms with van der Waals surface area (Å²) < 4.78 is 5.56. The number of methoxy groups -OCH3 is 1. The van der Waals surface area contributed by atoms with Gasteiger partial charge >= 0.3 is 5.97 Å². The van der Waals surface area contributed by atoms with Gasteiger partial charge in [-0.1, -0.05) is 42.5 Å². The quantitative estimate of drug-likeness (QED) is 0.338. The van der Waals surface area contributed by atoms with Gasteiger partial charge in [0.15, 0.2) is 0 Å². The van der Waals surface area contributed by atoms with Crippen LogP contribution in [0.2, 0.25) is 0 Å². The van der Waals surface area contributed by atoms with Crippen molar-refractivity contribution in [3.8, 4) is 33.8 Å². The number of nitrogens with two attached hydrogens (primary N) is 1. The minimum atomic E-state index is -0.785. The number of rotatable bonds is 5. The third-order valence-electron chi connectivity index (χ3n) is 5.10. The highest BCUT2D eigenvalue weighted by Gasteiger charge is 2.22. The number of carbonyl (C=O) groups is 1. The van der Waals surface area contributed by atoms with Gasteiger partial charge in [0.2, 0.25) is 0 Å². The first kappa shape index (κ1) is 20.1. The lowest BCUT2D eigenvalue weighted by molar-refractivity contribution is 0.0504. The first-order chi connectivity index (χ1) is 15.1. The Morgan fingerprint density at radius 3 is 2.26 bits per heavy atom. The topological polar surface area (TPSA) is 111 Å². The number of hydrogen-bond acceptors (Lipinski definition) is 7. The summed E-state index contributed by atoms with van der Waals surface area (Å²) in [6.07, 6.45) is 0. The summed E-state index contributed by atoms with van der Waals surface area (Å²) in [7, 11) is 1.53. The molecule has 0 radical (unpaired) electrons. The molecule has 4 aromatic carbocycles. The summed E-state index contributed by atoms with van der Waals surface area (Å²) in [4.78, 5) is 28.6. The number of benzene rings is 4. The van der Waals surface area contributed by atoms with Gasteiger partial charge in [0, 0.05) is 16.5 Å². The van der Waals surface area contributed by atoms with Crippen molar-refractivity contribution in [1.29, 1.82) is 0 Å². The summed E-state index contributed by atoms with van der Waals surface area (Å²) >= 11 is 0. The fraction of sp³-hybridized carbons (Fsp3) is 0.0417. The average Bonchev–Trinajstić information content (AvgIpc) is 2.82. The third kappa shape index (κ3) is 3.58. The molecule has 4 rings (SSSR count). The number of aromatic hydroxyl groups is 1. The summed E-state index contributed by atoms with van der Waals surface area (Å²) in [6, 6.07) is 20.8. The lowest BCUT2D eigenvalue weighted by Gasteiger charge is -2.17. The monoisotopic (exact) mass is 414 g/mol. The minimum absolute atomic E-state index is 0.0608. The van der Waals surface area contributed by atoms with E-state index in [1.807, 2.05) is 36.4 Å². The van der Waals surface area contributed by atoms with E-state index < -0.39 is 5.97 Å². The van der Waals surface area contributed by atoms with Crippen molar-refractivity contribution in [3.63, 3.8) is 0 Å². The maximum atomic E-state index is 12.5. The third-order valence-corrected chi connectivity index (χ3v) is 5.10. The fourth-order valence-corrected chi connectivity index (χ4v) is 3.68. The van der Waals surface area contributed by atoms with Crippen LogP contribution in [-0.2, 0) is 4.84 Å². The Morgan fingerprint density at radius 2 is 1.65 bits per heavy atom. The van der Waals surface area contributed by atoms with Crippen LogP contribution in [0.15, 0.2) is 78.0 Å². The Morgan fingerprint density at radius 1 is 0.935 bits per heavy atom. The molecule has 154 valence electrons. The molecule has 0 spiro atoms. The molecule has 0 unspecified atom stereocenters. The Bertz CT molecular complexity index is 1290. The minimum Gasteiger partial charge on any atom is -0.508 e. The van der Waals surface area contributed by atoms with Gasteiger partial charge in [-0.2, -0.15) is 5.90 Å². The van der Waals surface area contributed by atoms with Crippen molar-refractivity contribution in [1.82, 2.24) is 0 Å². The molecule has 31 heavy (non-hydrogen) atoms.